The predicted molar refractivity (Wildman–Crippen MR) is 77.8 cm³/mol. The van der Waals surface area contributed by atoms with Gasteiger partial charge in [0.2, 0.25) is 5.91 Å². The van der Waals surface area contributed by atoms with Crippen LogP contribution in [-0.2, 0) is 4.79 Å². The first-order valence-electron chi connectivity index (χ1n) is 7.57. The highest BCUT2D eigenvalue weighted by Gasteiger charge is 2.28. The van der Waals surface area contributed by atoms with Crippen LogP contribution in [0.5, 0.6) is 0 Å². The zero-order chi connectivity index (χ0) is 13.7. The molecular weight excluding hydrogens is 238 g/mol. The highest BCUT2D eigenvalue weighted by Crippen LogP contribution is 2.30. The smallest absolute Gasteiger partial charge is 0.241 e. The van der Waals surface area contributed by atoms with Crippen LogP contribution < -0.4 is 5.73 Å². The molecule has 1 aliphatic carbocycles. The van der Waals surface area contributed by atoms with Crippen LogP contribution in [-0.4, -0.2) is 55.0 Å². The Kier molecular flexibility index (Phi) is 5.40. The van der Waals surface area contributed by atoms with E-state index in [1.165, 1.54) is 32.1 Å². The molecule has 0 spiro atoms. The second-order valence-corrected chi connectivity index (χ2v) is 5.99. The Bertz CT molecular complexity index is 315. The van der Waals surface area contributed by atoms with Crippen LogP contribution in [0.25, 0.3) is 0 Å². The maximum absolute atomic E-state index is 11.0. The Morgan fingerprint density at radius 3 is 2.37 bits per heavy atom. The second-order valence-electron chi connectivity index (χ2n) is 5.99. The molecule has 2 rings (SSSR count). The lowest BCUT2D eigenvalue weighted by atomic mass is 9.82. The van der Waals surface area contributed by atoms with Gasteiger partial charge in [-0.3, -0.25) is 9.69 Å². The van der Waals surface area contributed by atoms with Crippen molar-refractivity contribution >= 4 is 5.91 Å². The van der Waals surface area contributed by atoms with E-state index in [4.69, 9.17) is 5.73 Å². The van der Waals surface area contributed by atoms with E-state index in [0.717, 1.165) is 26.2 Å². The monoisotopic (exact) mass is 265 g/mol. The number of hydrogen-bond acceptors (Lipinski definition) is 3. The fourth-order valence-corrected chi connectivity index (χ4v) is 3.37. The maximum Gasteiger partial charge on any atom is 0.241 e. The summed E-state index contributed by atoms with van der Waals surface area (Å²) in [6.45, 7) is 4.43. The molecule has 2 fully saturated rings. The van der Waals surface area contributed by atoms with E-state index in [0.29, 0.717) is 12.0 Å². The third-order valence-corrected chi connectivity index (χ3v) is 4.55. The van der Waals surface area contributed by atoms with Crippen LogP contribution in [0.4, 0.5) is 0 Å². The minimum atomic E-state index is -0.324. The molecule has 1 amide bonds. The number of nitrogens with two attached hydrogens (primary N) is 1. The molecule has 0 aromatic rings. The van der Waals surface area contributed by atoms with Gasteiger partial charge in [-0.1, -0.05) is 25.3 Å². The van der Waals surface area contributed by atoms with Crippen LogP contribution in [0.15, 0.2) is 12.2 Å². The van der Waals surface area contributed by atoms with E-state index in [9.17, 15) is 4.79 Å². The van der Waals surface area contributed by atoms with Crippen molar-refractivity contribution in [2.24, 2.45) is 11.7 Å². The summed E-state index contributed by atoms with van der Waals surface area (Å²) in [7, 11) is 2.17. The molecule has 4 nitrogen and oxygen atoms in total. The lowest BCUT2D eigenvalue weighted by Gasteiger charge is -2.41. The molecule has 0 aromatic heterocycles. The number of carbonyl (C=O) groups is 1. The van der Waals surface area contributed by atoms with Gasteiger partial charge in [0, 0.05) is 38.3 Å². The zero-order valence-corrected chi connectivity index (χ0v) is 12.1. The third kappa shape index (κ3) is 4.32. The van der Waals surface area contributed by atoms with Gasteiger partial charge in [-0.15, -0.1) is 0 Å². The van der Waals surface area contributed by atoms with Crippen molar-refractivity contribution in [2.45, 2.75) is 38.1 Å². The molecule has 2 N–H and O–H groups in total. The molecule has 0 bridgehead atoms. The van der Waals surface area contributed by atoms with Crippen LogP contribution in [0.1, 0.15) is 32.1 Å². The van der Waals surface area contributed by atoms with E-state index in [2.05, 4.69) is 22.9 Å². The summed E-state index contributed by atoms with van der Waals surface area (Å²) in [4.78, 5) is 15.9. The minimum absolute atomic E-state index is 0.324. The van der Waals surface area contributed by atoms with Crippen LogP contribution in [0.3, 0.4) is 0 Å². The van der Waals surface area contributed by atoms with Gasteiger partial charge in [0.1, 0.15) is 0 Å². The van der Waals surface area contributed by atoms with Crippen molar-refractivity contribution in [2.75, 3.05) is 33.2 Å². The van der Waals surface area contributed by atoms with Gasteiger partial charge in [-0.05, 0) is 25.8 Å². The molecule has 1 unspecified atom stereocenters. The second kappa shape index (κ2) is 7.06. The zero-order valence-electron chi connectivity index (χ0n) is 12.1. The summed E-state index contributed by atoms with van der Waals surface area (Å²) >= 11 is 0. The molecule has 1 saturated carbocycles. The summed E-state index contributed by atoms with van der Waals surface area (Å²) in [6, 6.07) is 0.404. The van der Waals surface area contributed by atoms with Gasteiger partial charge >= 0.3 is 0 Å². The van der Waals surface area contributed by atoms with Crippen molar-refractivity contribution in [3.63, 3.8) is 0 Å². The highest BCUT2D eigenvalue weighted by atomic mass is 16.1. The molecule has 2 aliphatic rings. The average Bonchev–Trinajstić information content (AvgIpc) is 2.42. The Morgan fingerprint density at radius 1 is 1.16 bits per heavy atom. The van der Waals surface area contributed by atoms with Crippen LogP contribution in [0.2, 0.25) is 0 Å². The highest BCUT2D eigenvalue weighted by molar-refractivity contribution is 5.85. The van der Waals surface area contributed by atoms with Crippen LogP contribution >= 0.6 is 0 Å². The van der Waals surface area contributed by atoms with Crippen molar-refractivity contribution in [3.8, 4) is 0 Å². The lowest BCUT2D eigenvalue weighted by molar-refractivity contribution is -0.113. The first-order chi connectivity index (χ1) is 9.16. The summed E-state index contributed by atoms with van der Waals surface area (Å²) < 4.78 is 0. The standard InChI is InChI=1S/C15H27N3O/c1-17-9-11-18(12-10-17)14(7-8-15(16)19)13-5-3-2-4-6-13/h7-8,13-14H,2-6,9-12H2,1H3,(H2,16,19). The van der Waals surface area contributed by atoms with Gasteiger partial charge in [0.25, 0.3) is 0 Å². The fraction of sp³-hybridized carbons (Fsp3) is 0.800. The number of primary amides is 1. The molecule has 19 heavy (non-hydrogen) atoms. The van der Waals surface area contributed by atoms with E-state index in [-0.39, 0.29) is 5.91 Å². The quantitative estimate of drug-likeness (QED) is 0.778. The van der Waals surface area contributed by atoms with Crippen molar-refractivity contribution in [1.82, 2.24) is 9.80 Å². The molecule has 0 radical (unpaired) electrons. The molecule has 1 saturated heterocycles. The Morgan fingerprint density at radius 2 is 1.79 bits per heavy atom. The summed E-state index contributed by atoms with van der Waals surface area (Å²) in [5.74, 6) is 0.377. The molecule has 1 atom stereocenters. The van der Waals surface area contributed by atoms with Gasteiger partial charge in [-0.2, -0.15) is 0 Å². The molecule has 1 aliphatic heterocycles. The van der Waals surface area contributed by atoms with Crippen molar-refractivity contribution < 1.29 is 4.79 Å². The van der Waals surface area contributed by atoms with Crippen molar-refractivity contribution in [1.29, 1.82) is 0 Å². The predicted octanol–water partition coefficient (Wildman–Crippen LogP) is 1.22. The molecule has 0 aromatic carbocycles. The number of likely N-dealkylation sites (N-methyl/N-ethyl adjacent to an activating group) is 1. The minimum Gasteiger partial charge on any atom is -0.366 e. The molecule has 4 heteroatoms. The first-order valence-corrected chi connectivity index (χ1v) is 7.57. The Labute approximate surface area is 116 Å². The van der Waals surface area contributed by atoms with E-state index < -0.39 is 0 Å². The topological polar surface area (TPSA) is 49.6 Å². The summed E-state index contributed by atoms with van der Waals surface area (Å²) in [6.07, 6.45) is 10.2. The maximum atomic E-state index is 11.0. The molecule has 108 valence electrons. The number of rotatable bonds is 4. The Balaban J connectivity index is 2.02. The molecular formula is C15H27N3O. The SMILES string of the molecule is CN1CCN(C(C=CC(N)=O)C2CCCCC2)CC1. The lowest BCUT2D eigenvalue weighted by Crippen LogP contribution is -2.51. The average molecular weight is 265 g/mol. The first kappa shape index (κ1) is 14.5. The van der Waals surface area contributed by atoms with Gasteiger partial charge < -0.3 is 10.6 Å². The number of piperazine rings is 1. The van der Waals surface area contributed by atoms with Crippen molar-refractivity contribution in [3.05, 3.63) is 12.2 Å². The van der Waals surface area contributed by atoms with Gasteiger partial charge in [0.15, 0.2) is 0 Å². The number of hydrogen-bond donors (Lipinski definition) is 1. The number of nitrogens with zero attached hydrogens (tertiary/aromatic N) is 2. The van der Waals surface area contributed by atoms with Gasteiger partial charge in [0.05, 0.1) is 0 Å². The van der Waals surface area contributed by atoms with E-state index in [1.807, 2.05) is 0 Å². The number of amides is 1. The Hall–Kier alpha value is -0.870. The molecule has 1 heterocycles. The fourth-order valence-electron chi connectivity index (χ4n) is 3.37. The van der Waals surface area contributed by atoms with Crippen LogP contribution in [0, 0.1) is 5.92 Å². The van der Waals surface area contributed by atoms with Gasteiger partial charge in [-0.25, -0.2) is 0 Å². The number of carbonyl (C=O) groups excluding carboxylic acids is 1. The summed E-state index contributed by atoms with van der Waals surface area (Å²) in [5, 5.41) is 0. The van der Waals surface area contributed by atoms with E-state index in [1.54, 1.807) is 6.08 Å². The third-order valence-electron chi connectivity index (χ3n) is 4.55. The normalized spacial score (nSPS) is 25.7. The largest absolute Gasteiger partial charge is 0.366 e. The summed E-state index contributed by atoms with van der Waals surface area (Å²) in [5.41, 5.74) is 5.27. The van der Waals surface area contributed by atoms with E-state index >= 15 is 0 Å².